The molecule has 1 fully saturated rings. The van der Waals surface area contributed by atoms with Gasteiger partial charge in [-0.05, 0) is 23.1 Å². The Labute approximate surface area is 126 Å². The molecule has 0 aromatic heterocycles. The molecule has 4 atom stereocenters. The van der Waals surface area contributed by atoms with Crippen LogP contribution in [0.5, 0.6) is 0 Å². The van der Waals surface area contributed by atoms with Crippen LogP contribution in [0, 0.1) is 5.92 Å². The predicted molar refractivity (Wildman–Crippen MR) is 87.5 cm³/mol. The zero-order valence-corrected chi connectivity index (χ0v) is 12.6. The smallest absolute Gasteiger partial charge is 0.0847 e. The van der Waals surface area contributed by atoms with E-state index in [0.29, 0.717) is 30.0 Å². The molecule has 21 heavy (non-hydrogen) atoms. The lowest BCUT2D eigenvalue weighted by Gasteiger charge is -2.27. The molecule has 2 aliphatic rings. The van der Waals surface area contributed by atoms with E-state index in [2.05, 4.69) is 79.1 Å². The molecular formula is C19H22N2. The molecule has 1 saturated heterocycles. The summed E-state index contributed by atoms with van der Waals surface area (Å²) in [5, 5.41) is 7.51. The van der Waals surface area contributed by atoms with Crippen LogP contribution in [-0.2, 0) is 0 Å². The molecule has 2 heteroatoms. The number of hydrogen-bond acceptors (Lipinski definition) is 2. The molecule has 2 N–H and O–H groups in total. The fraction of sp³-hybridized carbons (Fsp3) is 0.368. The summed E-state index contributed by atoms with van der Waals surface area (Å²) in [4.78, 5) is 0. The molecule has 4 unspecified atom stereocenters. The number of nitrogens with one attached hydrogen (secondary N) is 2. The highest BCUT2D eigenvalue weighted by molar-refractivity contribution is 5.61. The van der Waals surface area contributed by atoms with Crippen molar-refractivity contribution in [2.75, 3.05) is 5.32 Å². The Hall–Kier alpha value is -1.80. The predicted octanol–water partition coefficient (Wildman–Crippen LogP) is 3.93. The highest BCUT2D eigenvalue weighted by Gasteiger charge is 2.48. The van der Waals surface area contributed by atoms with Gasteiger partial charge in [0.2, 0.25) is 0 Å². The van der Waals surface area contributed by atoms with Crippen LogP contribution in [0.1, 0.15) is 36.8 Å². The van der Waals surface area contributed by atoms with Crippen LogP contribution in [-0.4, -0.2) is 12.2 Å². The fourth-order valence-corrected chi connectivity index (χ4v) is 4.13. The highest BCUT2D eigenvalue weighted by atomic mass is 15.2. The van der Waals surface area contributed by atoms with Gasteiger partial charge >= 0.3 is 0 Å². The topological polar surface area (TPSA) is 24.1 Å². The van der Waals surface area contributed by atoms with Crippen molar-refractivity contribution < 1.29 is 0 Å². The Balaban J connectivity index is 1.80. The number of para-hydroxylation sites is 1. The Morgan fingerprint density at radius 2 is 1.57 bits per heavy atom. The van der Waals surface area contributed by atoms with Crippen molar-refractivity contribution in [1.82, 2.24) is 5.32 Å². The van der Waals surface area contributed by atoms with Gasteiger partial charge in [-0.25, -0.2) is 0 Å². The van der Waals surface area contributed by atoms with Crippen LogP contribution in [0.4, 0.5) is 5.69 Å². The summed E-state index contributed by atoms with van der Waals surface area (Å²) < 4.78 is 0. The van der Waals surface area contributed by atoms with E-state index in [9.17, 15) is 0 Å². The number of hydrogen-bond donors (Lipinski definition) is 2. The van der Waals surface area contributed by atoms with Crippen LogP contribution >= 0.6 is 0 Å². The summed E-state index contributed by atoms with van der Waals surface area (Å²) in [5.74, 6) is 1.68. The Morgan fingerprint density at radius 1 is 0.857 bits per heavy atom. The molecular weight excluding hydrogens is 256 g/mol. The first-order chi connectivity index (χ1) is 10.3. The van der Waals surface area contributed by atoms with Crippen molar-refractivity contribution in [2.45, 2.75) is 37.9 Å². The Morgan fingerprint density at radius 3 is 2.33 bits per heavy atom. The molecule has 2 aromatic carbocycles. The van der Waals surface area contributed by atoms with Gasteiger partial charge in [0, 0.05) is 23.6 Å². The summed E-state index contributed by atoms with van der Waals surface area (Å²) in [6.07, 6.45) is 0.361. The molecule has 2 heterocycles. The molecule has 2 nitrogen and oxygen atoms in total. The van der Waals surface area contributed by atoms with Crippen LogP contribution < -0.4 is 10.6 Å². The zero-order chi connectivity index (χ0) is 14.4. The van der Waals surface area contributed by atoms with Crippen molar-refractivity contribution in [3.63, 3.8) is 0 Å². The molecule has 0 radical (unpaired) electrons. The third kappa shape index (κ3) is 1.97. The summed E-state index contributed by atoms with van der Waals surface area (Å²) in [5.41, 5.74) is 4.21. The quantitative estimate of drug-likeness (QED) is 0.869. The normalized spacial score (nSPS) is 30.0. The first-order valence-electron chi connectivity index (χ1n) is 7.92. The SMILES string of the molecule is CC(C)C1NC2Nc3ccccc3C2C1c1ccccc1. The third-order valence-corrected chi connectivity index (χ3v) is 5.04. The highest BCUT2D eigenvalue weighted by Crippen LogP contribution is 2.50. The average Bonchev–Trinajstić information content (AvgIpc) is 3.03. The standard InChI is InChI=1S/C19H22N2/c1-12(2)18-16(13-8-4-3-5-9-13)17-14-10-6-7-11-15(14)20-19(17)21-18/h3-12,16-21H,1-2H3. The van der Waals surface area contributed by atoms with E-state index >= 15 is 0 Å². The van der Waals surface area contributed by atoms with Crippen molar-refractivity contribution in [3.05, 3.63) is 65.7 Å². The Kier molecular flexibility index (Phi) is 3.00. The van der Waals surface area contributed by atoms with E-state index in [1.807, 2.05) is 0 Å². The largest absolute Gasteiger partial charge is 0.369 e. The monoisotopic (exact) mass is 278 g/mol. The van der Waals surface area contributed by atoms with E-state index in [-0.39, 0.29) is 0 Å². The summed E-state index contributed by atoms with van der Waals surface area (Å²) in [6, 6.07) is 20.3. The lowest BCUT2D eigenvalue weighted by Crippen LogP contribution is -2.38. The van der Waals surface area contributed by atoms with Gasteiger partial charge in [-0.15, -0.1) is 0 Å². The van der Waals surface area contributed by atoms with Gasteiger partial charge in [0.25, 0.3) is 0 Å². The minimum atomic E-state index is 0.361. The summed E-state index contributed by atoms with van der Waals surface area (Å²) in [6.45, 7) is 4.64. The third-order valence-electron chi connectivity index (χ3n) is 5.04. The maximum atomic E-state index is 3.84. The second-order valence-corrected chi connectivity index (χ2v) is 6.61. The number of anilines is 1. The summed E-state index contributed by atoms with van der Waals surface area (Å²) >= 11 is 0. The van der Waals surface area contributed by atoms with Gasteiger partial charge in [0.1, 0.15) is 0 Å². The number of rotatable bonds is 2. The minimum Gasteiger partial charge on any atom is -0.369 e. The molecule has 0 spiro atoms. The van der Waals surface area contributed by atoms with Crippen molar-refractivity contribution >= 4 is 5.69 Å². The van der Waals surface area contributed by atoms with Crippen LogP contribution in [0.25, 0.3) is 0 Å². The lowest BCUT2D eigenvalue weighted by atomic mass is 9.77. The average molecular weight is 278 g/mol. The van der Waals surface area contributed by atoms with Gasteiger partial charge in [0.15, 0.2) is 0 Å². The molecule has 0 aliphatic carbocycles. The second kappa shape index (κ2) is 4.88. The number of fused-ring (bicyclic) bond motifs is 3. The fourth-order valence-electron chi connectivity index (χ4n) is 4.13. The molecule has 4 rings (SSSR count). The van der Waals surface area contributed by atoms with Crippen molar-refractivity contribution in [1.29, 1.82) is 0 Å². The first kappa shape index (κ1) is 12.9. The van der Waals surface area contributed by atoms with E-state index in [4.69, 9.17) is 0 Å². The molecule has 0 saturated carbocycles. The van der Waals surface area contributed by atoms with Gasteiger partial charge in [-0.1, -0.05) is 62.4 Å². The van der Waals surface area contributed by atoms with Gasteiger partial charge in [-0.2, -0.15) is 0 Å². The van der Waals surface area contributed by atoms with E-state index in [1.54, 1.807) is 0 Å². The second-order valence-electron chi connectivity index (χ2n) is 6.61. The van der Waals surface area contributed by atoms with E-state index in [0.717, 1.165) is 0 Å². The van der Waals surface area contributed by atoms with Crippen molar-refractivity contribution in [2.24, 2.45) is 5.92 Å². The Bertz CT molecular complexity index is 635. The molecule has 108 valence electrons. The van der Waals surface area contributed by atoms with Gasteiger partial charge < -0.3 is 5.32 Å². The molecule has 2 aromatic rings. The first-order valence-corrected chi connectivity index (χ1v) is 7.92. The lowest BCUT2D eigenvalue weighted by molar-refractivity contribution is 0.403. The van der Waals surface area contributed by atoms with E-state index < -0.39 is 0 Å². The minimum absolute atomic E-state index is 0.361. The molecule has 2 aliphatic heterocycles. The number of benzene rings is 2. The van der Waals surface area contributed by atoms with Gasteiger partial charge in [0.05, 0.1) is 6.17 Å². The maximum absolute atomic E-state index is 3.84. The summed E-state index contributed by atoms with van der Waals surface area (Å²) in [7, 11) is 0. The maximum Gasteiger partial charge on any atom is 0.0847 e. The molecule has 0 bridgehead atoms. The molecule has 0 amide bonds. The van der Waals surface area contributed by atoms with E-state index in [1.165, 1.54) is 16.8 Å². The van der Waals surface area contributed by atoms with Gasteiger partial charge in [-0.3, -0.25) is 5.32 Å². The van der Waals surface area contributed by atoms with Crippen molar-refractivity contribution in [3.8, 4) is 0 Å². The zero-order valence-electron chi connectivity index (χ0n) is 12.6. The van der Waals surface area contributed by atoms with Crippen LogP contribution in [0.3, 0.4) is 0 Å². The van der Waals surface area contributed by atoms with Crippen LogP contribution in [0.15, 0.2) is 54.6 Å². The van der Waals surface area contributed by atoms with Crippen LogP contribution in [0.2, 0.25) is 0 Å².